The molecule has 0 saturated heterocycles. The molecular formula is C60H36N6. The van der Waals surface area contributed by atoms with Crippen LogP contribution < -0.4 is 0 Å². The molecule has 0 N–H and O–H groups in total. The van der Waals surface area contributed by atoms with Gasteiger partial charge in [-0.1, -0.05) is 140 Å². The number of para-hydroxylation sites is 2. The van der Waals surface area contributed by atoms with Crippen molar-refractivity contribution < 1.29 is 0 Å². The first-order valence-electron chi connectivity index (χ1n) is 21.8. The van der Waals surface area contributed by atoms with Gasteiger partial charge < -0.3 is 9.13 Å². The first-order chi connectivity index (χ1) is 32.6. The van der Waals surface area contributed by atoms with Crippen molar-refractivity contribution in [2.75, 3.05) is 0 Å². The second kappa shape index (κ2) is 15.8. The Kier molecular flexibility index (Phi) is 9.16. The van der Waals surface area contributed by atoms with Crippen LogP contribution in [0.1, 0.15) is 11.1 Å². The lowest BCUT2D eigenvalue weighted by Gasteiger charge is -2.20. The monoisotopic (exact) mass is 840 g/mol. The molecule has 0 amide bonds. The Morgan fingerprint density at radius 3 is 1.39 bits per heavy atom. The van der Waals surface area contributed by atoms with Crippen LogP contribution in [0.4, 0.5) is 0 Å². The normalized spacial score (nSPS) is 11.3. The standard InChI is InChI=1S/C60H36N6/c61-35-39-12-11-17-44(32-39)47-26-31-59(65-55-20-9-7-18-48(55)50-33-42(24-29-57(50)65)45-22-27-53(63-37-45)40-13-3-1-4-14-40)52(36-62)60(47)66-56-21-10-8-19-49(56)51-34-43(25-30-58(51)66)46-23-28-54(64-38-46)41-15-5-2-6-16-41/h1-34,37-38H. The van der Waals surface area contributed by atoms with E-state index < -0.39 is 0 Å². The fraction of sp³-hybridized carbons (Fsp3) is 0. The number of pyridine rings is 2. The van der Waals surface area contributed by atoms with E-state index >= 15 is 0 Å². The number of hydrogen-bond acceptors (Lipinski definition) is 4. The third-order valence-corrected chi connectivity index (χ3v) is 12.7. The van der Waals surface area contributed by atoms with Crippen molar-refractivity contribution in [3.05, 3.63) is 230 Å². The number of nitriles is 2. The highest BCUT2D eigenvalue weighted by molar-refractivity contribution is 6.13. The summed E-state index contributed by atoms with van der Waals surface area (Å²) in [5.41, 5.74) is 16.3. The lowest BCUT2D eigenvalue weighted by atomic mass is 9.97. The molecule has 66 heavy (non-hydrogen) atoms. The maximum atomic E-state index is 11.6. The molecule has 4 aromatic heterocycles. The maximum absolute atomic E-state index is 11.6. The van der Waals surface area contributed by atoms with Crippen LogP contribution in [-0.4, -0.2) is 19.1 Å². The van der Waals surface area contributed by atoms with Gasteiger partial charge in [0.25, 0.3) is 0 Å². The Labute approximate surface area is 380 Å². The summed E-state index contributed by atoms with van der Waals surface area (Å²) in [6.45, 7) is 0. The zero-order chi connectivity index (χ0) is 44.1. The summed E-state index contributed by atoms with van der Waals surface area (Å²) in [7, 11) is 0. The zero-order valence-electron chi connectivity index (χ0n) is 35.5. The van der Waals surface area contributed by atoms with Crippen molar-refractivity contribution in [1.29, 1.82) is 10.5 Å². The second-order valence-corrected chi connectivity index (χ2v) is 16.4. The molecule has 0 unspecified atom stereocenters. The van der Waals surface area contributed by atoms with Crippen LogP contribution >= 0.6 is 0 Å². The molecule has 12 rings (SSSR count). The maximum Gasteiger partial charge on any atom is 0.104 e. The lowest BCUT2D eigenvalue weighted by Crippen LogP contribution is -2.06. The first-order valence-corrected chi connectivity index (χ1v) is 21.8. The minimum Gasteiger partial charge on any atom is -0.308 e. The average molecular weight is 841 g/mol. The van der Waals surface area contributed by atoms with Crippen molar-refractivity contribution >= 4 is 43.6 Å². The molecule has 306 valence electrons. The summed E-state index contributed by atoms with van der Waals surface area (Å²) in [4.78, 5) is 9.68. The van der Waals surface area contributed by atoms with E-state index in [9.17, 15) is 10.5 Å². The highest BCUT2D eigenvalue weighted by Gasteiger charge is 2.25. The van der Waals surface area contributed by atoms with Gasteiger partial charge in [-0.2, -0.15) is 10.5 Å². The Balaban J connectivity index is 1.07. The molecule has 12 aromatic rings. The number of fused-ring (bicyclic) bond motifs is 6. The topological polar surface area (TPSA) is 83.2 Å². The molecule has 0 saturated carbocycles. The molecule has 6 nitrogen and oxygen atoms in total. The van der Waals surface area contributed by atoms with Crippen molar-refractivity contribution in [2.24, 2.45) is 0 Å². The highest BCUT2D eigenvalue weighted by atomic mass is 15.0. The van der Waals surface area contributed by atoms with Crippen LogP contribution in [0.5, 0.6) is 0 Å². The summed E-state index contributed by atoms with van der Waals surface area (Å²) >= 11 is 0. The largest absolute Gasteiger partial charge is 0.308 e. The van der Waals surface area contributed by atoms with Gasteiger partial charge in [-0.3, -0.25) is 9.97 Å². The Bertz CT molecular complexity index is 3920. The van der Waals surface area contributed by atoms with Gasteiger partial charge >= 0.3 is 0 Å². The van der Waals surface area contributed by atoms with E-state index in [0.29, 0.717) is 11.1 Å². The molecule has 0 radical (unpaired) electrons. The number of rotatable bonds is 7. The SMILES string of the molecule is N#Cc1cccc(-c2ccc(-n3c4ccccc4c4cc(-c5ccc(-c6ccccc6)nc5)ccc43)c(C#N)c2-n2c3ccccc3c3cc(-c4ccc(-c5ccccc5)nc4)ccc32)c1. The van der Waals surface area contributed by atoms with Crippen molar-refractivity contribution in [3.63, 3.8) is 0 Å². The third-order valence-electron chi connectivity index (χ3n) is 12.7. The first kappa shape index (κ1) is 38.3. The van der Waals surface area contributed by atoms with Crippen molar-refractivity contribution in [1.82, 2.24) is 19.1 Å². The molecule has 0 bridgehead atoms. The fourth-order valence-corrected chi connectivity index (χ4v) is 9.59. The van der Waals surface area contributed by atoms with Crippen molar-refractivity contribution in [2.45, 2.75) is 0 Å². The van der Waals surface area contributed by atoms with E-state index in [1.54, 1.807) is 0 Å². The van der Waals surface area contributed by atoms with Gasteiger partial charge in [0.05, 0.1) is 56.5 Å². The van der Waals surface area contributed by atoms with E-state index in [2.05, 4.69) is 161 Å². The third kappa shape index (κ3) is 6.33. The molecule has 4 heterocycles. The van der Waals surface area contributed by atoms with E-state index in [4.69, 9.17) is 9.97 Å². The summed E-state index contributed by atoms with van der Waals surface area (Å²) in [5, 5.41) is 25.9. The van der Waals surface area contributed by atoms with Crippen LogP contribution in [0.15, 0.2) is 219 Å². The zero-order valence-corrected chi connectivity index (χ0v) is 35.5. The molecule has 0 aliphatic carbocycles. The number of hydrogen-bond donors (Lipinski definition) is 0. The van der Waals surface area contributed by atoms with Crippen LogP contribution in [0.2, 0.25) is 0 Å². The van der Waals surface area contributed by atoms with Gasteiger partial charge in [0.1, 0.15) is 11.6 Å². The van der Waals surface area contributed by atoms with Gasteiger partial charge in [-0.25, -0.2) is 0 Å². The quantitative estimate of drug-likeness (QED) is 0.160. The van der Waals surface area contributed by atoms with E-state index in [1.165, 1.54) is 0 Å². The smallest absolute Gasteiger partial charge is 0.104 e. The molecule has 6 heteroatoms. The van der Waals surface area contributed by atoms with E-state index in [1.807, 2.05) is 79.1 Å². The molecule has 0 spiro atoms. The fourth-order valence-electron chi connectivity index (χ4n) is 9.59. The summed E-state index contributed by atoms with van der Waals surface area (Å²) in [6, 6.07) is 75.5. The molecule has 0 aliphatic rings. The molecule has 0 aliphatic heterocycles. The Morgan fingerprint density at radius 2 is 0.848 bits per heavy atom. The summed E-state index contributed by atoms with van der Waals surface area (Å²) < 4.78 is 4.46. The second-order valence-electron chi connectivity index (χ2n) is 16.4. The van der Waals surface area contributed by atoms with Gasteiger partial charge in [0.15, 0.2) is 0 Å². The number of benzene rings is 8. The average Bonchev–Trinajstić information content (AvgIpc) is 3.90. The molecule has 0 atom stereocenters. The molecular weight excluding hydrogens is 805 g/mol. The van der Waals surface area contributed by atoms with Gasteiger partial charge in [0.2, 0.25) is 0 Å². The summed E-state index contributed by atoms with van der Waals surface area (Å²) in [6.07, 6.45) is 3.88. The predicted molar refractivity (Wildman–Crippen MR) is 267 cm³/mol. The van der Waals surface area contributed by atoms with Crippen molar-refractivity contribution in [3.8, 4) is 79.4 Å². The van der Waals surface area contributed by atoms with Crippen LogP contribution in [0.25, 0.3) is 111 Å². The number of nitrogens with zero attached hydrogens (tertiary/aromatic N) is 6. The highest BCUT2D eigenvalue weighted by Crippen LogP contribution is 2.43. The summed E-state index contributed by atoms with van der Waals surface area (Å²) in [5.74, 6) is 0. The Hall–Kier alpha value is -9.36. The van der Waals surface area contributed by atoms with E-state index in [-0.39, 0.29) is 0 Å². The predicted octanol–water partition coefficient (Wildman–Crippen LogP) is 14.7. The lowest BCUT2D eigenvalue weighted by molar-refractivity contribution is 1.12. The van der Waals surface area contributed by atoms with Gasteiger partial charge in [-0.15, -0.1) is 0 Å². The van der Waals surface area contributed by atoms with Crippen LogP contribution in [-0.2, 0) is 0 Å². The molecule has 8 aromatic carbocycles. The van der Waals surface area contributed by atoms with Gasteiger partial charge in [0, 0.05) is 61.8 Å². The van der Waals surface area contributed by atoms with E-state index in [0.717, 1.165) is 111 Å². The molecule has 0 fully saturated rings. The Morgan fingerprint density at radius 1 is 0.348 bits per heavy atom. The van der Waals surface area contributed by atoms with Gasteiger partial charge in [-0.05, 0) is 83.4 Å². The minimum absolute atomic E-state index is 0.509. The minimum atomic E-state index is 0.509. The number of aromatic nitrogens is 4. The van der Waals surface area contributed by atoms with Crippen LogP contribution in [0, 0.1) is 22.7 Å². The van der Waals surface area contributed by atoms with Crippen LogP contribution in [0.3, 0.4) is 0 Å².